The van der Waals surface area contributed by atoms with E-state index in [4.69, 9.17) is 0 Å². The van der Waals surface area contributed by atoms with Crippen LogP contribution in [0.1, 0.15) is 0 Å². The van der Waals surface area contributed by atoms with Gasteiger partial charge in [-0.2, -0.15) is 0 Å². The average Bonchev–Trinajstić information content (AvgIpc) is 2.17. The summed E-state index contributed by atoms with van der Waals surface area (Å²) in [6.07, 6.45) is 0. The van der Waals surface area contributed by atoms with E-state index in [1.54, 1.807) is 6.07 Å². The molecule has 0 aliphatic carbocycles. The molecule has 0 aliphatic rings. The first kappa shape index (κ1) is 10.5. The van der Waals surface area contributed by atoms with Crippen LogP contribution in [0.3, 0.4) is 0 Å². The quantitative estimate of drug-likeness (QED) is 0.819. The zero-order chi connectivity index (χ0) is 11.0. The zero-order valence-corrected chi connectivity index (χ0v) is 10.7. The third-order valence-corrected chi connectivity index (χ3v) is 3.14. The Bertz CT molecular complexity index is 560. The van der Waals surface area contributed by atoms with Crippen LogP contribution >= 0.6 is 22.6 Å². The van der Waals surface area contributed by atoms with Gasteiger partial charge in [-0.15, -0.1) is 0 Å². The summed E-state index contributed by atoms with van der Waals surface area (Å²) in [4.78, 5) is 16.0. The predicted molar refractivity (Wildman–Crippen MR) is 71.6 cm³/mol. The Labute approximate surface area is 101 Å². The second-order valence-corrected chi connectivity index (χ2v) is 4.77. The fraction of sp³-hybridized carbons (Fsp3) is 0.182. The maximum atomic E-state index is 11.2. The Kier molecular flexibility index (Phi) is 2.68. The van der Waals surface area contributed by atoms with Crippen LogP contribution in [0.15, 0.2) is 29.1 Å². The number of nitrogens with one attached hydrogen (secondary N) is 1. The topological polar surface area (TPSA) is 36.1 Å². The van der Waals surface area contributed by atoms with E-state index in [-0.39, 0.29) is 5.56 Å². The highest BCUT2D eigenvalue weighted by atomic mass is 127. The Hall–Kier alpha value is -1.04. The summed E-state index contributed by atoms with van der Waals surface area (Å²) in [5.41, 5.74) is 1.94. The molecule has 0 radical (unpaired) electrons. The third-order valence-electron chi connectivity index (χ3n) is 2.27. The van der Waals surface area contributed by atoms with Gasteiger partial charge in [0.25, 0.3) is 0 Å². The van der Waals surface area contributed by atoms with Crippen LogP contribution in [-0.2, 0) is 0 Å². The van der Waals surface area contributed by atoms with Crippen LogP contribution in [-0.4, -0.2) is 19.1 Å². The molecule has 0 fully saturated rings. The van der Waals surface area contributed by atoms with E-state index in [0.717, 1.165) is 16.6 Å². The van der Waals surface area contributed by atoms with Crippen molar-refractivity contribution in [2.24, 2.45) is 0 Å². The van der Waals surface area contributed by atoms with Gasteiger partial charge < -0.3 is 9.88 Å². The van der Waals surface area contributed by atoms with E-state index in [1.165, 1.54) is 3.57 Å². The van der Waals surface area contributed by atoms with Gasteiger partial charge in [0.1, 0.15) is 0 Å². The van der Waals surface area contributed by atoms with Crippen molar-refractivity contribution in [3.63, 3.8) is 0 Å². The van der Waals surface area contributed by atoms with Crippen molar-refractivity contribution < 1.29 is 0 Å². The highest BCUT2D eigenvalue weighted by Gasteiger charge is 2.04. The van der Waals surface area contributed by atoms with E-state index in [0.29, 0.717) is 0 Å². The minimum atomic E-state index is -0.0617. The SMILES string of the molecule is CN(C)c1cc2[nH]c(=O)ccc2cc1I. The summed E-state index contributed by atoms with van der Waals surface area (Å²) in [6.45, 7) is 0. The highest BCUT2D eigenvalue weighted by Crippen LogP contribution is 2.25. The smallest absolute Gasteiger partial charge is 0.248 e. The van der Waals surface area contributed by atoms with Crippen molar-refractivity contribution >= 4 is 39.2 Å². The molecule has 1 aromatic carbocycles. The number of rotatable bonds is 1. The molecule has 78 valence electrons. The van der Waals surface area contributed by atoms with E-state index in [1.807, 2.05) is 31.1 Å². The number of aromatic nitrogens is 1. The molecule has 1 N–H and O–H groups in total. The van der Waals surface area contributed by atoms with Crippen molar-refractivity contribution in [2.75, 3.05) is 19.0 Å². The lowest BCUT2D eigenvalue weighted by Crippen LogP contribution is -2.11. The first-order chi connectivity index (χ1) is 7.08. The van der Waals surface area contributed by atoms with Gasteiger partial charge in [0.2, 0.25) is 5.56 Å². The lowest BCUT2D eigenvalue weighted by atomic mass is 10.2. The van der Waals surface area contributed by atoms with E-state index < -0.39 is 0 Å². The number of H-pyrrole nitrogens is 1. The highest BCUT2D eigenvalue weighted by molar-refractivity contribution is 14.1. The molecule has 0 atom stereocenters. The fourth-order valence-electron chi connectivity index (χ4n) is 1.51. The van der Waals surface area contributed by atoms with Crippen LogP contribution in [0.4, 0.5) is 5.69 Å². The Morgan fingerprint density at radius 2 is 2.00 bits per heavy atom. The maximum Gasteiger partial charge on any atom is 0.248 e. The molecule has 15 heavy (non-hydrogen) atoms. The molecule has 2 rings (SSSR count). The first-order valence-corrected chi connectivity index (χ1v) is 5.66. The second kappa shape index (κ2) is 3.84. The first-order valence-electron chi connectivity index (χ1n) is 4.58. The normalized spacial score (nSPS) is 10.6. The Morgan fingerprint density at radius 3 is 2.67 bits per heavy atom. The molecule has 2 aromatic rings. The summed E-state index contributed by atoms with van der Waals surface area (Å²) in [6, 6.07) is 7.46. The average molecular weight is 314 g/mol. The summed E-state index contributed by atoms with van der Waals surface area (Å²) in [7, 11) is 3.98. The number of aromatic amines is 1. The van der Waals surface area contributed by atoms with Gasteiger partial charge in [-0.25, -0.2) is 0 Å². The molecule has 0 saturated heterocycles. The fourth-order valence-corrected chi connectivity index (χ4v) is 2.48. The van der Waals surface area contributed by atoms with Crippen molar-refractivity contribution in [3.05, 3.63) is 38.2 Å². The molecule has 1 heterocycles. The number of benzene rings is 1. The molecule has 3 nitrogen and oxygen atoms in total. The number of hydrogen-bond donors (Lipinski definition) is 1. The molecule has 0 spiro atoms. The second-order valence-electron chi connectivity index (χ2n) is 3.61. The van der Waals surface area contributed by atoms with Crippen molar-refractivity contribution in [1.29, 1.82) is 0 Å². The van der Waals surface area contributed by atoms with Gasteiger partial charge in [0.05, 0.1) is 11.2 Å². The summed E-state index contributed by atoms with van der Waals surface area (Å²) in [5, 5.41) is 1.06. The van der Waals surface area contributed by atoms with Gasteiger partial charge >= 0.3 is 0 Å². The van der Waals surface area contributed by atoms with Crippen LogP contribution in [0.2, 0.25) is 0 Å². The Balaban J connectivity index is 2.77. The largest absolute Gasteiger partial charge is 0.377 e. The monoisotopic (exact) mass is 314 g/mol. The zero-order valence-electron chi connectivity index (χ0n) is 8.54. The molecular weight excluding hydrogens is 303 g/mol. The number of fused-ring (bicyclic) bond motifs is 1. The van der Waals surface area contributed by atoms with Crippen molar-refractivity contribution in [2.45, 2.75) is 0 Å². The van der Waals surface area contributed by atoms with Crippen molar-refractivity contribution in [3.8, 4) is 0 Å². The van der Waals surface area contributed by atoms with E-state index in [9.17, 15) is 4.79 Å². The third kappa shape index (κ3) is 1.99. The summed E-state index contributed by atoms with van der Waals surface area (Å²) < 4.78 is 1.18. The van der Waals surface area contributed by atoms with Gasteiger partial charge in [-0.05, 0) is 46.2 Å². The molecule has 0 saturated carbocycles. The lowest BCUT2D eigenvalue weighted by Gasteiger charge is -2.15. The number of pyridine rings is 1. The number of anilines is 1. The minimum absolute atomic E-state index is 0.0617. The molecule has 0 amide bonds. The summed E-state index contributed by atoms with van der Waals surface area (Å²) >= 11 is 2.30. The standard InChI is InChI=1S/C11H11IN2O/c1-14(2)10-6-9-7(5-8(10)12)3-4-11(15)13-9/h3-6H,1-2H3,(H,13,15). The molecule has 0 aliphatic heterocycles. The lowest BCUT2D eigenvalue weighted by molar-refractivity contribution is 1.12. The van der Waals surface area contributed by atoms with Gasteiger partial charge in [0, 0.05) is 23.7 Å². The van der Waals surface area contributed by atoms with Crippen LogP contribution in [0, 0.1) is 3.57 Å². The van der Waals surface area contributed by atoms with E-state index in [2.05, 4.69) is 33.6 Å². The molecule has 1 aromatic heterocycles. The molecular formula is C11H11IN2O. The Morgan fingerprint density at radius 1 is 1.27 bits per heavy atom. The number of halogens is 1. The van der Waals surface area contributed by atoms with E-state index >= 15 is 0 Å². The van der Waals surface area contributed by atoms with Gasteiger partial charge in [0.15, 0.2) is 0 Å². The molecule has 0 unspecified atom stereocenters. The number of nitrogens with zero attached hydrogens (tertiary/aromatic N) is 1. The van der Waals surface area contributed by atoms with Gasteiger partial charge in [-0.3, -0.25) is 4.79 Å². The minimum Gasteiger partial charge on any atom is -0.377 e. The number of hydrogen-bond acceptors (Lipinski definition) is 2. The van der Waals surface area contributed by atoms with Crippen LogP contribution in [0.25, 0.3) is 10.9 Å². The molecule has 4 heteroatoms. The van der Waals surface area contributed by atoms with Crippen molar-refractivity contribution in [1.82, 2.24) is 4.98 Å². The van der Waals surface area contributed by atoms with Crippen LogP contribution < -0.4 is 10.5 Å². The van der Waals surface area contributed by atoms with Crippen LogP contribution in [0.5, 0.6) is 0 Å². The molecule has 0 bridgehead atoms. The predicted octanol–water partition coefficient (Wildman–Crippen LogP) is 2.20. The maximum absolute atomic E-state index is 11.2. The summed E-state index contributed by atoms with van der Waals surface area (Å²) in [5.74, 6) is 0. The van der Waals surface area contributed by atoms with Gasteiger partial charge in [-0.1, -0.05) is 0 Å².